The molecular formula is C10H14F2N4O2. The molecule has 1 unspecified atom stereocenters. The number of oxime groups is 1. The molecule has 0 spiro atoms. The van der Waals surface area contributed by atoms with Crippen LogP contribution in [0.5, 0.6) is 0 Å². The van der Waals surface area contributed by atoms with Gasteiger partial charge in [0.1, 0.15) is 11.8 Å². The molecule has 0 aromatic carbocycles. The molecule has 1 aromatic heterocycles. The summed E-state index contributed by atoms with van der Waals surface area (Å²) in [7, 11) is 0. The average Bonchev–Trinajstić information content (AvgIpc) is 2.38. The van der Waals surface area contributed by atoms with Gasteiger partial charge in [0.25, 0.3) is 6.43 Å². The van der Waals surface area contributed by atoms with Crippen LogP contribution in [0.1, 0.15) is 11.3 Å². The first-order valence-corrected chi connectivity index (χ1v) is 5.15. The van der Waals surface area contributed by atoms with E-state index in [1.807, 2.05) is 0 Å². The quantitative estimate of drug-likeness (QED) is 0.247. The normalized spacial score (nSPS) is 13.9. The number of nitrogens with two attached hydrogens (primary N) is 1. The number of nitrogens with zero attached hydrogens (tertiary/aromatic N) is 2. The number of aromatic nitrogens is 1. The first-order chi connectivity index (χ1) is 8.56. The Kier molecular flexibility index (Phi) is 5.40. The van der Waals surface area contributed by atoms with Crippen molar-refractivity contribution in [2.75, 3.05) is 6.54 Å². The van der Waals surface area contributed by atoms with Crippen molar-refractivity contribution in [3.05, 3.63) is 29.6 Å². The minimum Gasteiger partial charge on any atom is -0.409 e. The van der Waals surface area contributed by atoms with Gasteiger partial charge in [-0.25, -0.2) is 8.78 Å². The van der Waals surface area contributed by atoms with Crippen LogP contribution in [-0.2, 0) is 6.54 Å². The lowest BCUT2D eigenvalue weighted by molar-refractivity contribution is -0.00341. The highest BCUT2D eigenvalue weighted by molar-refractivity contribution is 5.96. The molecule has 1 aromatic rings. The molecule has 100 valence electrons. The van der Waals surface area contributed by atoms with Crippen LogP contribution in [0.15, 0.2) is 23.5 Å². The van der Waals surface area contributed by atoms with Crippen molar-refractivity contribution in [2.24, 2.45) is 10.9 Å². The molecule has 1 heterocycles. The summed E-state index contributed by atoms with van der Waals surface area (Å²) >= 11 is 0. The number of hydrogen-bond donors (Lipinski definition) is 4. The molecular weight excluding hydrogens is 246 g/mol. The molecule has 0 amide bonds. The maximum absolute atomic E-state index is 12.0. The van der Waals surface area contributed by atoms with Crippen molar-refractivity contribution in [3.8, 4) is 0 Å². The fourth-order valence-electron chi connectivity index (χ4n) is 1.30. The Balaban J connectivity index is 2.62. The Labute approximate surface area is 102 Å². The zero-order valence-electron chi connectivity index (χ0n) is 9.42. The summed E-state index contributed by atoms with van der Waals surface area (Å²) < 4.78 is 24.1. The fourth-order valence-corrected chi connectivity index (χ4v) is 1.30. The van der Waals surface area contributed by atoms with Gasteiger partial charge in [0, 0.05) is 19.3 Å². The zero-order chi connectivity index (χ0) is 13.5. The summed E-state index contributed by atoms with van der Waals surface area (Å²) in [5, 5.41) is 22.9. The predicted octanol–water partition coefficient (Wildman–Crippen LogP) is -0.108. The van der Waals surface area contributed by atoms with Gasteiger partial charge in [0.15, 0.2) is 5.84 Å². The lowest BCUT2D eigenvalue weighted by atomic mass is 10.2. The Hall–Kier alpha value is -1.80. The van der Waals surface area contributed by atoms with E-state index in [4.69, 9.17) is 16.0 Å². The number of rotatable bonds is 6. The van der Waals surface area contributed by atoms with E-state index < -0.39 is 12.5 Å². The highest BCUT2D eigenvalue weighted by Gasteiger charge is 2.16. The SMILES string of the molecule is N/C(=N/O)c1ncccc1CNCC(O)C(F)F. The third kappa shape index (κ3) is 3.90. The monoisotopic (exact) mass is 260 g/mol. The average molecular weight is 260 g/mol. The van der Waals surface area contributed by atoms with E-state index in [-0.39, 0.29) is 24.6 Å². The number of alkyl halides is 2. The van der Waals surface area contributed by atoms with Crippen LogP contribution >= 0.6 is 0 Å². The first kappa shape index (κ1) is 14.3. The van der Waals surface area contributed by atoms with E-state index in [2.05, 4.69) is 15.5 Å². The standard InChI is InChI=1S/C10H14F2N4O2/c11-9(12)7(17)5-14-4-6-2-1-3-15-8(6)10(13)16-18/h1-3,7,9,14,17-18H,4-5H2,(H2,13,16). The number of aliphatic hydroxyl groups excluding tert-OH is 1. The number of pyridine rings is 1. The van der Waals surface area contributed by atoms with Gasteiger partial charge in [-0.2, -0.15) is 0 Å². The lowest BCUT2D eigenvalue weighted by Crippen LogP contribution is -2.32. The Morgan fingerprint density at radius 1 is 1.56 bits per heavy atom. The molecule has 0 radical (unpaired) electrons. The second-order valence-corrected chi connectivity index (χ2v) is 3.53. The molecule has 0 aliphatic carbocycles. The second kappa shape index (κ2) is 6.82. The number of hydrogen-bond acceptors (Lipinski definition) is 5. The first-order valence-electron chi connectivity index (χ1n) is 5.15. The molecule has 18 heavy (non-hydrogen) atoms. The van der Waals surface area contributed by atoms with E-state index in [1.54, 1.807) is 12.1 Å². The van der Waals surface area contributed by atoms with Gasteiger partial charge >= 0.3 is 0 Å². The predicted molar refractivity (Wildman–Crippen MR) is 60.5 cm³/mol. The number of halogens is 2. The van der Waals surface area contributed by atoms with E-state index in [0.717, 1.165) is 0 Å². The summed E-state index contributed by atoms with van der Waals surface area (Å²) in [5.74, 6) is -0.165. The van der Waals surface area contributed by atoms with Crippen molar-refractivity contribution in [1.82, 2.24) is 10.3 Å². The van der Waals surface area contributed by atoms with Crippen molar-refractivity contribution < 1.29 is 19.1 Å². The Morgan fingerprint density at radius 2 is 2.28 bits per heavy atom. The minimum atomic E-state index is -2.80. The van der Waals surface area contributed by atoms with Crippen molar-refractivity contribution >= 4 is 5.84 Å². The summed E-state index contributed by atoms with van der Waals surface area (Å²) in [5.41, 5.74) is 6.26. The van der Waals surface area contributed by atoms with Crippen molar-refractivity contribution in [2.45, 2.75) is 19.1 Å². The summed E-state index contributed by atoms with van der Waals surface area (Å²) in [4.78, 5) is 3.92. The fraction of sp³-hybridized carbons (Fsp3) is 0.400. The Morgan fingerprint density at radius 3 is 2.89 bits per heavy atom. The summed E-state index contributed by atoms with van der Waals surface area (Å²) in [6, 6.07) is 3.29. The van der Waals surface area contributed by atoms with Crippen LogP contribution in [0.2, 0.25) is 0 Å². The van der Waals surface area contributed by atoms with Gasteiger partial charge in [0.05, 0.1) is 0 Å². The van der Waals surface area contributed by atoms with E-state index >= 15 is 0 Å². The molecule has 0 saturated carbocycles. The van der Waals surface area contributed by atoms with Gasteiger partial charge in [-0.1, -0.05) is 11.2 Å². The third-order valence-corrected chi connectivity index (χ3v) is 2.20. The van der Waals surface area contributed by atoms with Crippen molar-refractivity contribution in [1.29, 1.82) is 0 Å². The van der Waals surface area contributed by atoms with Gasteiger partial charge in [-0.15, -0.1) is 0 Å². The van der Waals surface area contributed by atoms with Crippen molar-refractivity contribution in [3.63, 3.8) is 0 Å². The molecule has 8 heteroatoms. The van der Waals surface area contributed by atoms with Gasteiger partial charge in [-0.05, 0) is 11.6 Å². The zero-order valence-corrected chi connectivity index (χ0v) is 9.42. The highest BCUT2D eigenvalue weighted by atomic mass is 19.3. The molecule has 6 nitrogen and oxygen atoms in total. The summed E-state index contributed by atoms with van der Waals surface area (Å²) in [6.45, 7) is -0.0919. The van der Waals surface area contributed by atoms with Crippen LogP contribution in [0.25, 0.3) is 0 Å². The van der Waals surface area contributed by atoms with Gasteiger partial charge in [-0.3, -0.25) is 4.98 Å². The topological polar surface area (TPSA) is 104 Å². The maximum Gasteiger partial charge on any atom is 0.265 e. The Bertz CT molecular complexity index is 415. The van der Waals surface area contributed by atoms with E-state index in [0.29, 0.717) is 5.56 Å². The molecule has 0 saturated heterocycles. The molecule has 5 N–H and O–H groups in total. The molecule has 1 rings (SSSR count). The lowest BCUT2D eigenvalue weighted by Gasteiger charge is -2.12. The van der Waals surface area contributed by atoms with Crippen LogP contribution in [0.3, 0.4) is 0 Å². The minimum absolute atomic E-state index is 0.165. The number of nitrogens with one attached hydrogen (secondary N) is 1. The molecule has 0 aliphatic rings. The van der Waals surface area contributed by atoms with E-state index in [1.165, 1.54) is 6.20 Å². The molecule has 1 atom stereocenters. The van der Waals surface area contributed by atoms with Crippen LogP contribution in [0, 0.1) is 0 Å². The van der Waals surface area contributed by atoms with Gasteiger partial charge < -0.3 is 21.4 Å². The number of aliphatic hydroxyl groups is 1. The molecule has 0 bridgehead atoms. The third-order valence-electron chi connectivity index (χ3n) is 2.20. The molecule has 0 fully saturated rings. The highest BCUT2D eigenvalue weighted by Crippen LogP contribution is 2.05. The van der Waals surface area contributed by atoms with E-state index in [9.17, 15) is 8.78 Å². The van der Waals surface area contributed by atoms with Crippen LogP contribution < -0.4 is 11.1 Å². The maximum atomic E-state index is 12.0. The second-order valence-electron chi connectivity index (χ2n) is 3.53. The van der Waals surface area contributed by atoms with Gasteiger partial charge in [0.2, 0.25) is 0 Å². The summed E-state index contributed by atoms with van der Waals surface area (Å²) in [6.07, 6.45) is -3.06. The largest absolute Gasteiger partial charge is 0.409 e. The molecule has 0 aliphatic heterocycles. The van der Waals surface area contributed by atoms with Crippen LogP contribution in [0.4, 0.5) is 8.78 Å². The smallest absolute Gasteiger partial charge is 0.265 e. The number of amidine groups is 1. The van der Waals surface area contributed by atoms with Crippen LogP contribution in [-0.4, -0.2) is 40.2 Å².